The molecule has 3 nitrogen and oxygen atoms in total. The van der Waals surface area contributed by atoms with E-state index in [-0.39, 0.29) is 0 Å². The standard InChI is InChI=1S/C11H13BrO3/c1-8(13)15-10-6-4-3-5-9(10)11(2,14)7-12/h3-6,14H,7H2,1-2H3. The van der Waals surface area contributed by atoms with E-state index in [9.17, 15) is 9.90 Å². The van der Waals surface area contributed by atoms with Crippen LogP contribution >= 0.6 is 15.9 Å². The van der Waals surface area contributed by atoms with Crippen molar-refractivity contribution in [3.8, 4) is 5.75 Å². The first-order valence-corrected chi connectivity index (χ1v) is 5.66. The molecule has 1 unspecified atom stereocenters. The molecule has 0 aliphatic carbocycles. The first-order valence-electron chi connectivity index (χ1n) is 4.53. The Kier molecular flexibility index (Phi) is 3.88. The van der Waals surface area contributed by atoms with Crippen LogP contribution in [0.3, 0.4) is 0 Å². The number of halogens is 1. The van der Waals surface area contributed by atoms with Gasteiger partial charge in [0.25, 0.3) is 0 Å². The highest BCUT2D eigenvalue weighted by Gasteiger charge is 2.25. The lowest BCUT2D eigenvalue weighted by Gasteiger charge is -2.23. The highest BCUT2D eigenvalue weighted by atomic mass is 79.9. The van der Waals surface area contributed by atoms with Crippen LogP contribution < -0.4 is 4.74 Å². The molecule has 1 aromatic rings. The van der Waals surface area contributed by atoms with Gasteiger partial charge in [0.1, 0.15) is 11.4 Å². The third-order valence-electron chi connectivity index (χ3n) is 1.98. The minimum Gasteiger partial charge on any atom is -0.426 e. The smallest absolute Gasteiger partial charge is 0.308 e. The highest BCUT2D eigenvalue weighted by molar-refractivity contribution is 9.09. The van der Waals surface area contributed by atoms with Gasteiger partial charge in [0.2, 0.25) is 0 Å². The summed E-state index contributed by atoms with van der Waals surface area (Å²) >= 11 is 3.22. The van der Waals surface area contributed by atoms with Crippen molar-refractivity contribution in [3.63, 3.8) is 0 Å². The molecular weight excluding hydrogens is 260 g/mol. The predicted octanol–water partition coefficient (Wildman–Crippen LogP) is 2.21. The molecule has 1 atom stereocenters. The molecule has 0 spiro atoms. The number of ether oxygens (including phenoxy) is 1. The molecule has 0 aliphatic rings. The second-order valence-electron chi connectivity index (χ2n) is 3.50. The molecule has 0 aromatic heterocycles. The third-order valence-corrected chi connectivity index (χ3v) is 3.07. The lowest BCUT2D eigenvalue weighted by Crippen LogP contribution is -2.24. The van der Waals surface area contributed by atoms with Gasteiger partial charge in [-0.05, 0) is 13.0 Å². The molecule has 1 rings (SSSR count). The van der Waals surface area contributed by atoms with Crippen LogP contribution in [0.4, 0.5) is 0 Å². The Labute approximate surface area is 97.2 Å². The van der Waals surface area contributed by atoms with Gasteiger partial charge in [0.05, 0.1) is 0 Å². The molecule has 4 heteroatoms. The molecular formula is C11H13BrO3. The number of esters is 1. The second-order valence-corrected chi connectivity index (χ2v) is 4.06. The summed E-state index contributed by atoms with van der Waals surface area (Å²) in [5.74, 6) is 0.00210. The van der Waals surface area contributed by atoms with Crippen molar-refractivity contribution in [3.05, 3.63) is 29.8 Å². The molecule has 0 fully saturated rings. The zero-order chi connectivity index (χ0) is 11.5. The van der Waals surface area contributed by atoms with Gasteiger partial charge in [0.15, 0.2) is 0 Å². The maximum atomic E-state index is 10.9. The minimum atomic E-state index is -1.05. The first kappa shape index (κ1) is 12.2. The molecule has 0 bridgehead atoms. The van der Waals surface area contributed by atoms with Crippen molar-refractivity contribution < 1.29 is 14.6 Å². The Bertz CT molecular complexity index is 361. The molecule has 0 saturated carbocycles. The summed E-state index contributed by atoms with van der Waals surface area (Å²) in [7, 11) is 0. The summed E-state index contributed by atoms with van der Waals surface area (Å²) in [6, 6.07) is 6.94. The Morgan fingerprint density at radius 3 is 2.67 bits per heavy atom. The topological polar surface area (TPSA) is 46.5 Å². The van der Waals surface area contributed by atoms with Crippen molar-refractivity contribution in [1.29, 1.82) is 0 Å². The van der Waals surface area contributed by atoms with Crippen molar-refractivity contribution in [1.82, 2.24) is 0 Å². The lowest BCUT2D eigenvalue weighted by molar-refractivity contribution is -0.132. The van der Waals surface area contributed by atoms with Gasteiger partial charge in [-0.3, -0.25) is 4.79 Å². The number of alkyl halides is 1. The lowest BCUT2D eigenvalue weighted by atomic mass is 9.97. The Morgan fingerprint density at radius 1 is 1.53 bits per heavy atom. The van der Waals surface area contributed by atoms with Crippen LogP contribution in [-0.4, -0.2) is 16.4 Å². The summed E-state index contributed by atoms with van der Waals surface area (Å²) in [6.45, 7) is 2.99. The largest absolute Gasteiger partial charge is 0.426 e. The summed E-state index contributed by atoms with van der Waals surface area (Å²) in [6.07, 6.45) is 0. The molecule has 0 amide bonds. The zero-order valence-corrected chi connectivity index (χ0v) is 10.2. The van der Waals surface area contributed by atoms with Gasteiger partial charge >= 0.3 is 5.97 Å². The van der Waals surface area contributed by atoms with Gasteiger partial charge in [-0.2, -0.15) is 0 Å². The number of carbonyl (C=O) groups excluding carboxylic acids is 1. The average molecular weight is 273 g/mol. The number of carbonyl (C=O) groups is 1. The van der Waals surface area contributed by atoms with Crippen LogP contribution in [0.25, 0.3) is 0 Å². The van der Waals surface area contributed by atoms with Crippen LogP contribution in [0.2, 0.25) is 0 Å². The van der Waals surface area contributed by atoms with E-state index in [1.807, 2.05) is 0 Å². The van der Waals surface area contributed by atoms with Crippen LogP contribution in [0.5, 0.6) is 5.75 Å². The summed E-state index contributed by atoms with van der Waals surface area (Å²) in [5.41, 5.74) is -0.455. The summed E-state index contributed by atoms with van der Waals surface area (Å²) in [4.78, 5) is 10.9. The van der Waals surface area contributed by atoms with Crippen LogP contribution in [-0.2, 0) is 10.4 Å². The fourth-order valence-electron chi connectivity index (χ4n) is 1.23. The van der Waals surface area contributed by atoms with E-state index < -0.39 is 11.6 Å². The van der Waals surface area contributed by atoms with Gasteiger partial charge in [-0.15, -0.1) is 0 Å². The number of aliphatic hydroxyl groups is 1. The average Bonchev–Trinajstić information content (AvgIpc) is 2.17. The van der Waals surface area contributed by atoms with Gasteiger partial charge in [0, 0.05) is 17.8 Å². The first-order chi connectivity index (χ1) is 6.97. The Hall–Kier alpha value is -0.870. The van der Waals surface area contributed by atoms with Crippen molar-refractivity contribution in [2.45, 2.75) is 19.4 Å². The number of para-hydroxylation sites is 1. The Morgan fingerprint density at radius 2 is 2.13 bits per heavy atom. The van der Waals surface area contributed by atoms with E-state index in [1.165, 1.54) is 6.92 Å². The zero-order valence-electron chi connectivity index (χ0n) is 8.66. The normalized spacial score (nSPS) is 14.4. The minimum absolute atomic E-state index is 0.373. The second kappa shape index (κ2) is 4.77. The highest BCUT2D eigenvalue weighted by Crippen LogP contribution is 2.31. The van der Waals surface area contributed by atoms with Crippen molar-refractivity contribution >= 4 is 21.9 Å². The fraction of sp³-hybridized carbons (Fsp3) is 0.364. The molecule has 82 valence electrons. The molecule has 0 heterocycles. The van der Waals surface area contributed by atoms with E-state index in [2.05, 4.69) is 15.9 Å². The van der Waals surface area contributed by atoms with E-state index in [4.69, 9.17) is 4.74 Å². The third kappa shape index (κ3) is 3.04. The Balaban J connectivity index is 3.11. The maximum absolute atomic E-state index is 10.9. The quantitative estimate of drug-likeness (QED) is 0.522. The van der Waals surface area contributed by atoms with Gasteiger partial charge < -0.3 is 9.84 Å². The molecule has 1 aromatic carbocycles. The van der Waals surface area contributed by atoms with E-state index in [1.54, 1.807) is 31.2 Å². The number of hydrogen-bond donors (Lipinski definition) is 1. The van der Waals surface area contributed by atoms with Crippen LogP contribution in [0.1, 0.15) is 19.4 Å². The van der Waals surface area contributed by atoms with Crippen molar-refractivity contribution in [2.75, 3.05) is 5.33 Å². The SMILES string of the molecule is CC(=O)Oc1ccccc1C(C)(O)CBr. The van der Waals surface area contributed by atoms with Crippen molar-refractivity contribution in [2.24, 2.45) is 0 Å². The number of rotatable bonds is 3. The molecule has 1 N–H and O–H groups in total. The molecule has 15 heavy (non-hydrogen) atoms. The fourth-order valence-corrected chi connectivity index (χ4v) is 1.53. The maximum Gasteiger partial charge on any atom is 0.308 e. The van der Waals surface area contributed by atoms with Gasteiger partial charge in [-0.1, -0.05) is 34.1 Å². The number of hydrogen-bond acceptors (Lipinski definition) is 3. The van der Waals surface area contributed by atoms with Gasteiger partial charge in [-0.25, -0.2) is 0 Å². The molecule has 0 radical (unpaired) electrons. The monoisotopic (exact) mass is 272 g/mol. The van der Waals surface area contributed by atoms with Crippen LogP contribution in [0, 0.1) is 0 Å². The number of benzene rings is 1. The van der Waals surface area contributed by atoms with E-state index in [0.29, 0.717) is 16.6 Å². The summed E-state index contributed by atoms with van der Waals surface area (Å²) in [5, 5.41) is 10.4. The van der Waals surface area contributed by atoms with Crippen LogP contribution in [0.15, 0.2) is 24.3 Å². The van der Waals surface area contributed by atoms with E-state index >= 15 is 0 Å². The molecule has 0 aliphatic heterocycles. The summed E-state index contributed by atoms with van der Waals surface area (Å²) < 4.78 is 5.01. The molecule has 0 saturated heterocycles. The predicted molar refractivity (Wildman–Crippen MR) is 61.1 cm³/mol. The van der Waals surface area contributed by atoms with E-state index in [0.717, 1.165) is 0 Å².